The van der Waals surface area contributed by atoms with Crippen LogP contribution in [0, 0.1) is 5.82 Å². The predicted octanol–water partition coefficient (Wildman–Crippen LogP) is 3.73. The molecule has 0 saturated carbocycles. The first kappa shape index (κ1) is 17.5. The maximum atomic E-state index is 14.3. The summed E-state index contributed by atoms with van der Waals surface area (Å²) in [5.41, 5.74) is 2.82. The fourth-order valence-electron chi connectivity index (χ4n) is 3.30. The Morgan fingerprint density at radius 3 is 2.48 bits per heavy atom. The highest BCUT2D eigenvalue weighted by atomic mass is 19.1. The highest BCUT2D eigenvalue weighted by Gasteiger charge is 2.17. The third kappa shape index (κ3) is 4.04. The molecule has 4 nitrogen and oxygen atoms in total. The number of methoxy groups -OCH3 is 2. The second-order valence-electron chi connectivity index (χ2n) is 6.22. The number of nitrogens with zero attached hydrogens (tertiary/aromatic N) is 1. The lowest BCUT2D eigenvalue weighted by Crippen LogP contribution is -2.22. The van der Waals surface area contributed by atoms with E-state index in [2.05, 4.69) is 10.2 Å². The first-order valence-electron chi connectivity index (χ1n) is 8.67. The Balaban J connectivity index is 1.68. The third-order valence-corrected chi connectivity index (χ3v) is 4.62. The van der Waals surface area contributed by atoms with Crippen molar-refractivity contribution in [2.45, 2.75) is 25.9 Å². The van der Waals surface area contributed by atoms with Crippen LogP contribution in [0.5, 0.6) is 11.5 Å². The predicted molar refractivity (Wildman–Crippen MR) is 97.9 cm³/mol. The van der Waals surface area contributed by atoms with E-state index >= 15 is 0 Å². The van der Waals surface area contributed by atoms with Crippen molar-refractivity contribution >= 4 is 5.69 Å². The van der Waals surface area contributed by atoms with Gasteiger partial charge >= 0.3 is 0 Å². The van der Waals surface area contributed by atoms with Crippen LogP contribution in [0.4, 0.5) is 10.1 Å². The minimum Gasteiger partial charge on any atom is -0.493 e. The largest absolute Gasteiger partial charge is 0.493 e. The van der Waals surface area contributed by atoms with E-state index in [1.807, 2.05) is 24.3 Å². The average Bonchev–Trinajstić information content (AvgIpc) is 3.17. The van der Waals surface area contributed by atoms with Crippen LogP contribution in [0.25, 0.3) is 0 Å². The summed E-state index contributed by atoms with van der Waals surface area (Å²) in [5.74, 6) is 1.26. The normalized spacial score (nSPS) is 14.0. The van der Waals surface area contributed by atoms with E-state index in [9.17, 15) is 4.39 Å². The first-order chi connectivity index (χ1) is 12.2. The summed E-state index contributed by atoms with van der Waals surface area (Å²) in [6, 6.07) is 11.1. The van der Waals surface area contributed by atoms with Gasteiger partial charge in [-0.1, -0.05) is 12.1 Å². The monoisotopic (exact) mass is 344 g/mol. The van der Waals surface area contributed by atoms with Gasteiger partial charge in [0.1, 0.15) is 5.82 Å². The molecule has 0 radical (unpaired) electrons. The summed E-state index contributed by atoms with van der Waals surface area (Å²) >= 11 is 0. The lowest BCUT2D eigenvalue weighted by atomic mass is 10.1. The Hall–Kier alpha value is -2.27. The Morgan fingerprint density at radius 1 is 1.00 bits per heavy atom. The van der Waals surface area contributed by atoms with Crippen LogP contribution >= 0.6 is 0 Å². The van der Waals surface area contributed by atoms with E-state index < -0.39 is 0 Å². The molecule has 0 atom stereocenters. The molecule has 0 spiro atoms. The van der Waals surface area contributed by atoms with Gasteiger partial charge in [-0.2, -0.15) is 0 Å². The second kappa shape index (κ2) is 8.21. The van der Waals surface area contributed by atoms with Crippen molar-refractivity contribution in [2.24, 2.45) is 0 Å². The van der Waals surface area contributed by atoms with Crippen LogP contribution < -0.4 is 19.7 Å². The van der Waals surface area contributed by atoms with E-state index in [-0.39, 0.29) is 5.82 Å². The Morgan fingerprint density at radius 2 is 1.76 bits per heavy atom. The summed E-state index contributed by atoms with van der Waals surface area (Å²) in [6.07, 6.45) is 2.35. The van der Waals surface area contributed by atoms with Crippen LogP contribution in [0.15, 0.2) is 36.4 Å². The molecule has 3 rings (SSSR count). The molecular weight excluding hydrogens is 319 g/mol. The van der Waals surface area contributed by atoms with Crippen LogP contribution in [-0.2, 0) is 13.1 Å². The number of ether oxygens (including phenoxy) is 2. The molecule has 5 heteroatoms. The van der Waals surface area contributed by atoms with Crippen molar-refractivity contribution < 1.29 is 13.9 Å². The van der Waals surface area contributed by atoms with Crippen molar-refractivity contribution in [1.29, 1.82) is 0 Å². The lowest BCUT2D eigenvalue weighted by Gasteiger charge is -2.22. The Bertz CT molecular complexity index is 715. The van der Waals surface area contributed by atoms with E-state index in [0.29, 0.717) is 24.6 Å². The van der Waals surface area contributed by atoms with E-state index in [4.69, 9.17) is 9.47 Å². The molecule has 0 bridgehead atoms. The minimum atomic E-state index is -0.149. The maximum absolute atomic E-state index is 14.3. The molecule has 2 aromatic carbocycles. The first-order valence-corrected chi connectivity index (χ1v) is 8.67. The average molecular weight is 344 g/mol. The van der Waals surface area contributed by atoms with E-state index in [1.165, 1.54) is 18.9 Å². The molecule has 1 aliphatic rings. The fourth-order valence-corrected chi connectivity index (χ4v) is 3.30. The molecule has 1 fully saturated rings. The van der Waals surface area contributed by atoms with Crippen LogP contribution in [0.2, 0.25) is 0 Å². The van der Waals surface area contributed by atoms with Gasteiger partial charge in [0.2, 0.25) is 0 Å². The molecule has 0 unspecified atom stereocenters. The molecular formula is C20H25FN2O2. The van der Waals surface area contributed by atoms with Crippen LogP contribution in [0.1, 0.15) is 24.0 Å². The number of anilines is 1. The standard InChI is InChI=1S/C20H25FN2O2/c1-24-19-9-8-15(12-20(19)25-2)13-22-14-16-17(21)6-5-7-18(16)23-10-3-4-11-23/h5-9,12,22H,3-4,10-11,13-14H2,1-2H3. The molecule has 1 N–H and O–H groups in total. The summed E-state index contributed by atoms with van der Waals surface area (Å²) in [7, 11) is 3.24. The number of nitrogens with one attached hydrogen (secondary N) is 1. The van der Waals surface area contributed by atoms with Gasteiger partial charge in [-0.05, 0) is 42.7 Å². The molecule has 1 aliphatic heterocycles. The zero-order valence-corrected chi connectivity index (χ0v) is 14.8. The van der Waals surface area contributed by atoms with Gasteiger partial charge in [0.05, 0.1) is 14.2 Å². The Labute approximate surface area is 148 Å². The number of rotatable bonds is 7. The van der Waals surface area contributed by atoms with Gasteiger partial charge in [0.15, 0.2) is 11.5 Å². The molecule has 134 valence electrons. The van der Waals surface area contributed by atoms with Gasteiger partial charge in [0, 0.05) is 37.4 Å². The highest BCUT2D eigenvalue weighted by molar-refractivity contribution is 5.55. The van der Waals surface area contributed by atoms with Crippen molar-refractivity contribution in [1.82, 2.24) is 5.32 Å². The zero-order valence-electron chi connectivity index (χ0n) is 14.8. The molecule has 1 heterocycles. The molecule has 0 amide bonds. The molecule has 0 aromatic heterocycles. The molecule has 2 aromatic rings. The summed E-state index contributed by atoms with van der Waals surface area (Å²) < 4.78 is 24.9. The topological polar surface area (TPSA) is 33.7 Å². The zero-order chi connectivity index (χ0) is 17.6. The van der Waals surface area contributed by atoms with Crippen molar-refractivity contribution in [3.05, 3.63) is 53.3 Å². The van der Waals surface area contributed by atoms with Crippen LogP contribution in [0.3, 0.4) is 0 Å². The highest BCUT2D eigenvalue weighted by Crippen LogP contribution is 2.28. The van der Waals surface area contributed by atoms with Crippen molar-refractivity contribution in [3.8, 4) is 11.5 Å². The summed E-state index contributed by atoms with van der Waals surface area (Å²) in [4.78, 5) is 2.27. The van der Waals surface area contributed by atoms with Gasteiger partial charge in [-0.15, -0.1) is 0 Å². The molecule has 0 aliphatic carbocycles. The maximum Gasteiger partial charge on any atom is 0.161 e. The lowest BCUT2D eigenvalue weighted by molar-refractivity contribution is 0.354. The van der Waals surface area contributed by atoms with Crippen LogP contribution in [-0.4, -0.2) is 27.3 Å². The SMILES string of the molecule is COc1ccc(CNCc2c(F)cccc2N2CCCC2)cc1OC. The third-order valence-electron chi connectivity index (χ3n) is 4.62. The van der Waals surface area contributed by atoms with Crippen molar-refractivity contribution in [2.75, 3.05) is 32.2 Å². The second-order valence-corrected chi connectivity index (χ2v) is 6.22. The Kier molecular flexibility index (Phi) is 5.76. The van der Waals surface area contributed by atoms with Gasteiger partial charge in [-0.3, -0.25) is 0 Å². The summed E-state index contributed by atoms with van der Waals surface area (Å²) in [5, 5.41) is 3.35. The van der Waals surface area contributed by atoms with E-state index in [0.717, 1.165) is 29.9 Å². The number of halogens is 1. The quantitative estimate of drug-likeness (QED) is 0.830. The fraction of sp³-hybridized carbons (Fsp3) is 0.400. The van der Waals surface area contributed by atoms with E-state index in [1.54, 1.807) is 20.3 Å². The van der Waals surface area contributed by atoms with Crippen molar-refractivity contribution in [3.63, 3.8) is 0 Å². The number of benzene rings is 2. The molecule has 25 heavy (non-hydrogen) atoms. The van der Waals surface area contributed by atoms with Gasteiger partial charge in [-0.25, -0.2) is 4.39 Å². The van der Waals surface area contributed by atoms with Gasteiger partial charge < -0.3 is 19.7 Å². The number of hydrogen-bond donors (Lipinski definition) is 1. The number of hydrogen-bond acceptors (Lipinski definition) is 4. The smallest absolute Gasteiger partial charge is 0.161 e. The van der Waals surface area contributed by atoms with Gasteiger partial charge in [0.25, 0.3) is 0 Å². The summed E-state index contributed by atoms with van der Waals surface area (Å²) in [6.45, 7) is 3.14. The molecule has 1 saturated heterocycles. The minimum absolute atomic E-state index is 0.149.